The molecule has 85 valence electrons. The van der Waals surface area contributed by atoms with Crippen molar-refractivity contribution in [2.45, 2.75) is 66.1 Å². The summed E-state index contributed by atoms with van der Waals surface area (Å²) in [5, 5.41) is 0. The van der Waals surface area contributed by atoms with Gasteiger partial charge in [0.2, 0.25) is 0 Å². The van der Waals surface area contributed by atoms with Crippen LogP contribution in [-0.4, -0.2) is 30.6 Å². The van der Waals surface area contributed by atoms with Gasteiger partial charge in [-0.05, 0) is 32.9 Å². The van der Waals surface area contributed by atoms with Gasteiger partial charge < -0.3 is 4.98 Å². The second-order valence-corrected chi connectivity index (χ2v) is 7.68. The lowest BCUT2D eigenvalue weighted by Gasteiger charge is -2.36. The SMILES string of the molecule is CC(C)N(C(C)C)[Si](Cl)NC(C)(C)C. The summed E-state index contributed by atoms with van der Waals surface area (Å²) in [7, 11) is -1.13. The Balaban J connectivity index is 4.38. The normalized spacial score (nSPS) is 13.7. The largest absolute Gasteiger partial charge is 0.342 e. The molecule has 1 N–H and O–H groups in total. The molecule has 0 heterocycles. The highest BCUT2D eigenvalue weighted by atomic mass is 35.6. The number of hydrogen-bond donors (Lipinski definition) is 1. The van der Waals surface area contributed by atoms with Crippen molar-refractivity contribution in [1.82, 2.24) is 9.55 Å². The van der Waals surface area contributed by atoms with Crippen molar-refractivity contribution >= 4 is 19.5 Å². The van der Waals surface area contributed by atoms with E-state index < -0.39 is 8.43 Å². The molecule has 0 saturated heterocycles. The number of nitrogens with zero attached hydrogens (tertiary/aromatic N) is 1. The molecule has 0 unspecified atom stereocenters. The van der Waals surface area contributed by atoms with E-state index in [1.807, 2.05) is 0 Å². The summed E-state index contributed by atoms with van der Waals surface area (Å²) in [5.74, 6) is 0. The van der Waals surface area contributed by atoms with Crippen LogP contribution in [0.4, 0.5) is 0 Å². The molecule has 4 heteroatoms. The number of nitrogens with one attached hydrogen (secondary N) is 1. The third kappa shape index (κ3) is 5.34. The lowest BCUT2D eigenvalue weighted by Crippen LogP contribution is -2.58. The van der Waals surface area contributed by atoms with Crippen molar-refractivity contribution in [1.29, 1.82) is 0 Å². The second-order valence-electron chi connectivity index (χ2n) is 5.26. The average Bonchev–Trinajstić information content (AvgIpc) is 1.78. The Morgan fingerprint density at radius 3 is 1.64 bits per heavy atom. The quantitative estimate of drug-likeness (QED) is 0.596. The summed E-state index contributed by atoms with van der Waals surface area (Å²) in [6, 6.07) is 0.993. The van der Waals surface area contributed by atoms with Crippen molar-refractivity contribution in [2.24, 2.45) is 0 Å². The van der Waals surface area contributed by atoms with Crippen LogP contribution in [0, 0.1) is 0 Å². The molecular formula is C10H24ClN2Si. The summed E-state index contributed by atoms with van der Waals surface area (Å²) >= 11 is 6.44. The Bertz CT molecular complexity index is 158. The topological polar surface area (TPSA) is 15.3 Å². The molecule has 0 aromatic heterocycles. The Morgan fingerprint density at radius 1 is 1.07 bits per heavy atom. The van der Waals surface area contributed by atoms with Gasteiger partial charge in [-0.25, -0.2) is 0 Å². The summed E-state index contributed by atoms with van der Waals surface area (Å²) < 4.78 is 2.36. The van der Waals surface area contributed by atoms with Crippen LogP contribution in [0.25, 0.3) is 0 Å². The zero-order chi connectivity index (χ0) is 11.5. The van der Waals surface area contributed by atoms with Crippen LogP contribution in [0.1, 0.15) is 48.5 Å². The summed E-state index contributed by atoms with van der Waals surface area (Å²) in [6.45, 7) is 15.2. The third-order valence-corrected chi connectivity index (χ3v) is 5.13. The van der Waals surface area contributed by atoms with E-state index in [0.29, 0.717) is 12.1 Å². The minimum atomic E-state index is -1.13. The maximum Gasteiger partial charge on any atom is 0.342 e. The van der Waals surface area contributed by atoms with E-state index in [9.17, 15) is 0 Å². The van der Waals surface area contributed by atoms with E-state index in [-0.39, 0.29) is 5.54 Å². The molecule has 0 aliphatic carbocycles. The molecule has 0 aromatic carbocycles. The lowest BCUT2D eigenvalue weighted by molar-refractivity contribution is 0.297. The maximum atomic E-state index is 6.44. The van der Waals surface area contributed by atoms with E-state index in [1.54, 1.807) is 0 Å². The van der Waals surface area contributed by atoms with Gasteiger partial charge in [-0.2, -0.15) is 0 Å². The molecule has 0 spiro atoms. The molecule has 0 rings (SSSR count). The standard InChI is InChI=1S/C10H24ClN2Si/c1-8(2)13(9(3)4)14(11)12-10(5,6)7/h8-9,12H,1-7H3. The molecule has 0 aliphatic heterocycles. The second kappa shape index (κ2) is 5.49. The number of hydrogen-bond acceptors (Lipinski definition) is 2. The van der Waals surface area contributed by atoms with Crippen molar-refractivity contribution in [3.05, 3.63) is 0 Å². The molecule has 0 atom stereocenters. The first-order valence-corrected chi connectivity index (χ1v) is 7.70. The number of rotatable bonds is 4. The smallest absolute Gasteiger partial charge is 0.308 e. The molecule has 0 aliphatic rings. The van der Waals surface area contributed by atoms with Gasteiger partial charge in [0.15, 0.2) is 0 Å². The van der Waals surface area contributed by atoms with Crippen molar-refractivity contribution in [3.63, 3.8) is 0 Å². The Labute approximate surface area is 95.5 Å². The van der Waals surface area contributed by atoms with E-state index >= 15 is 0 Å². The molecule has 0 saturated carbocycles. The van der Waals surface area contributed by atoms with E-state index in [4.69, 9.17) is 11.1 Å². The fourth-order valence-electron chi connectivity index (χ4n) is 1.42. The highest BCUT2D eigenvalue weighted by molar-refractivity contribution is 7.03. The van der Waals surface area contributed by atoms with Crippen molar-refractivity contribution < 1.29 is 0 Å². The maximum absolute atomic E-state index is 6.44. The van der Waals surface area contributed by atoms with Gasteiger partial charge in [-0.3, -0.25) is 4.57 Å². The van der Waals surface area contributed by atoms with Gasteiger partial charge in [-0.1, -0.05) is 27.7 Å². The minimum Gasteiger partial charge on any atom is -0.308 e. The minimum absolute atomic E-state index is 0.0953. The molecule has 1 radical (unpaired) electrons. The molecule has 0 bridgehead atoms. The lowest BCUT2D eigenvalue weighted by atomic mass is 10.1. The zero-order valence-electron chi connectivity index (χ0n) is 10.5. The van der Waals surface area contributed by atoms with Crippen molar-refractivity contribution in [3.8, 4) is 0 Å². The highest BCUT2D eigenvalue weighted by Crippen LogP contribution is 2.12. The van der Waals surface area contributed by atoms with Crippen LogP contribution in [0.2, 0.25) is 0 Å². The van der Waals surface area contributed by atoms with Crippen molar-refractivity contribution in [2.75, 3.05) is 0 Å². The Hall–Kier alpha value is 0.427. The van der Waals surface area contributed by atoms with Gasteiger partial charge in [0.1, 0.15) is 0 Å². The summed E-state index contributed by atoms with van der Waals surface area (Å²) in [4.78, 5) is 3.48. The molecule has 0 amide bonds. The predicted molar refractivity (Wildman–Crippen MR) is 66.6 cm³/mol. The third-order valence-electron chi connectivity index (χ3n) is 1.82. The first-order valence-electron chi connectivity index (χ1n) is 5.24. The molecule has 2 nitrogen and oxygen atoms in total. The van der Waals surface area contributed by atoms with Crippen LogP contribution >= 0.6 is 11.1 Å². The van der Waals surface area contributed by atoms with E-state index in [1.165, 1.54) is 0 Å². The fraction of sp³-hybridized carbons (Fsp3) is 1.00. The molecule has 0 fully saturated rings. The molecule has 14 heavy (non-hydrogen) atoms. The fourth-order valence-corrected chi connectivity index (χ4v) is 5.10. The van der Waals surface area contributed by atoms with Crippen LogP contribution in [-0.2, 0) is 0 Å². The predicted octanol–water partition coefficient (Wildman–Crippen LogP) is 2.72. The molecular weight excluding hydrogens is 212 g/mol. The van der Waals surface area contributed by atoms with Gasteiger partial charge in [0, 0.05) is 5.54 Å². The zero-order valence-corrected chi connectivity index (χ0v) is 12.2. The van der Waals surface area contributed by atoms with Crippen LogP contribution in [0.3, 0.4) is 0 Å². The van der Waals surface area contributed by atoms with Gasteiger partial charge in [0.25, 0.3) is 0 Å². The van der Waals surface area contributed by atoms with Gasteiger partial charge >= 0.3 is 8.43 Å². The van der Waals surface area contributed by atoms with E-state index in [2.05, 4.69) is 58.0 Å². The Kier molecular flexibility index (Phi) is 5.66. The first-order chi connectivity index (χ1) is 6.15. The highest BCUT2D eigenvalue weighted by Gasteiger charge is 2.28. The summed E-state index contributed by atoms with van der Waals surface area (Å²) in [6.07, 6.45) is 0. The van der Waals surface area contributed by atoms with Gasteiger partial charge in [0.05, 0.1) is 0 Å². The monoisotopic (exact) mass is 235 g/mol. The van der Waals surface area contributed by atoms with Gasteiger partial charge in [-0.15, -0.1) is 11.1 Å². The summed E-state index contributed by atoms with van der Waals surface area (Å²) in [5.41, 5.74) is 0.0953. The van der Waals surface area contributed by atoms with Crippen LogP contribution in [0.15, 0.2) is 0 Å². The number of halogens is 1. The average molecular weight is 236 g/mol. The van der Waals surface area contributed by atoms with Crippen LogP contribution < -0.4 is 4.98 Å². The Morgan fingerprint density at radius 2 is 1.43 bits per heavy atom. The van der Waals surface area contributed by atoms with Crippen LogP contribution in [0.5, 0.6) is 0 Å². The molecule has 0 aromatic rings. The van der Waals surface area contributed by atoms with E-state index in [0.717, 1.165) is 0 Å². The first kappa shape index (κ1) is 14.4.